The Balaban J connectivity index is 1.78. The summed E-state index contributed by atoms with van der Waals surface area (Å²) >= 11 is 11.9. The van der Waals surface area contributed by atoms with E-state index in [1.54, 1.807) is 0 Å². The van der Waals surface area contributed by atoms with Gasteiger partial charge < -0.3 is 10.1 Å². The molecule has 104 valence electrons. The third kappa shape index (κ3) is 3.66. The molecule has 0 aromatic heterocycles. The first-order chi connectivity index (χ1) is 9.70. The molecule has 0 unspecified atom stereocenters. The molecule has 0 heterocycles. The van der Waals surface area contributed by atoms with Gasteiger partial charge in [0.2, 0.25) is 0 Å². The lowest BCUT2D eigenvalue weighted by atomic mass is 10.2. The molecule has 2 aromatic carbocycles. The molecule has 1 aliphatic carbocycles. The van der Waals surface area contributed by atoms with E-state index in [1.807, 2.05) is 42.5 Å². The molecule has 0 saturated heterocycles. The Morgan fingerprint density at radius 3 is 2.40 bits per heavy atom. The lowest BCUT2D eigenvalue weighted by Gasteiger charge is -2.12. The highest BCUT2D eigenvalue weighted by Crippen LogP contribution is 2.30. The second kappa shape index (κ2) is 6.04. The maximum Gasteiger partial charge on any atom is 0.133 e. The van der Waals surface area contributed by atoms with Gasteiger partial charge in [0.05, 0.1) is 0 Å². The number of nitrogens with one attached hydrogen (secondary N) is 1. The molecule has 0 spiro atoms. The summed E-state index contributed by atoms with van der Waals surface area (Å²) in [4.78, 5) is 0. The monoisotopic (exact) mass is 307 g/mol. The molecule has 0 radical (unpaired) electrons. The van der Waals surface area contributed by atoms with Crippen LogP contribution in [0.15, 0.2) is 42.5 Å². The van der Waals surface area contributed by atoms with Crippen LogP contribution in [0.2, 0.25) is 10.0 Å². The summed E-state index contributed by atoms with van der Waals surface area (Å²) in [7, 11) is 0. The molecule has 20 heavy (non-hydrogen) atoms. The first-order valence-corrected chi connectivity index (χ1v) is 7.41. The Morgan fingerprint density at radius 1 is 1.00 bits per heavy atom. The molecule has 1 aliphatic rings. The maximum atomic E-state index is 6.06. The number of hydrogen-bond donors (Lipinski definition) is 1. The normalized spacial score (nSPS) is 14.3. The molecule has 2 nitrogen and oxygen atoms in total. The van der Waals surface area contributed by atoms with E-state index in [1.165, 1.54) is 12.8 Å². The molecule has 0 aliphatic heterocycles. The number of halogens is 2. The van der Waals surface area contributed by atoms with Crippen LogP contribution in [0.1, 0.15) is 18.4 Å². The minimum Gasteiger partial charge on any atom is -0.457 e. The van der Waals surface area contributed by atoms with Crippen LogP contribution in [-0.2, 0) is 6.54 Å². The fourth-order valence-corrected chi connectivity index (χ4v) is 2.23. The van der Waals surface area contributed by atoms with E-state index in [9.17, 15) is 0 Å². The van der Waals surface area contributed by atoms with Crippen LogP contribution in [0.4, 0.5) is 0 Å². The fraction of sp³-hybridized carbons (Fsp3) is 0.250. The van der Waals surface area contributed by atoms with Gasteiger partial charge in [0.1, 0.15) is 11.5 Å². The van der Waals surface area contributed by atoms with Crippen molar-refractivity contribution in [1.29, 1.82) is 0 Å². The van der Waals surface area contributed by atoms with Crippen LogP contribution in [0.25, 0.3) is 0 Å². The summed E-state index contributed by atoms with van der Waals surface area (Å²) in [6, 6.07) is 13.7. The van der Waals surface area contributed by atoms with E-state index in [-0.39, 0.29) is 0 Å². The summed E-state index contributed by atoms with van der Waals surface area (Å²) in [6.45, 7) is 0.796. The lowest BCUT2D eigenvalue weighted by Crippen LogP contribution is -2.15. The van der Waals surface area contributed by atoms with Crippen molar-refractivity contribution in [2.75, 3.05) is 0 Å². The Hall–Kier alpha value is -1.22. The Labute approximate surface area is 128 Å². The van der Waals surface area contributed by atoms with Crippen molar-refractivity contribution in [3.05, 3.63) is 58.1 Å². The van der Waals surface area contributed by atoms with E-state index in [0.29, 0.717) is 16.1 Å². The molecule has 3 rings (SSSR count). The van der Waals surface area contributed by atoms with Gasteiger partial charge in [0.15, 0.2) is 0 Å². The van der Waals surface area contributed by atoms with E-state index in [2.05, 4.69) is 5.32 Å². The van der Waals surface area contributed by atoms with E-state index in [4.69, 9.17) is 27.9 Å². The first kappa shape index (κ1) is 13.7. The highest BCUT2D eigenvalue weighted by Gasteiger charge is 2.20. The van der Waals surface area contributed by atoms with Gasteiger partial charge in [-0.2, -0.15) is 0 Å². The molecule has 4 heteroatoms. The van der Waals surface area contributed by atoms with Crippen LogP contribution in [0.5, 0.6) is 11.5 Å². The van der Waals surface area contributed by atoms with Crippen molar-refractivity contribution in [3.63, 3.8) is 0 Å². The Bertz CT molecular complexity index is 594. The van der Waals surface area contributed by atoms with Gasteiger partial charge in [-0.25, -0.2) is 0 Å². The predicted octanol–water partition coefficient (Wildman–Crippen LogP) is 5.04. The zero-order valence-electron chi connectivity index (χ0n) is 10.9. The highest BCUT2D eigenvalue weighted by atomic mass is 35.5. The third-order valence-electron chi connectivity index (χ3n) is 3.23. The van der Waals surface area contributed by atoms with Crippen molar-refractivity contribution >= 4 is 23.2 Å². The summed E-state index contributed by atoms with van der Waals surface area (Å²) in [5.74, 6) is 1.54. The Kier molecular flexibility index (Phi) is 4.16. The molecular weight excluding hydrogens is 293 g/mol. The minimum atomic E-state index is 0.661. The van der Waals surface area contributed by atoms with Gasteiger partial charge >= 0.3 is 0 Å². The van der Waals surface area contributed by atoms with E-state index >= 15 is 0 Å². The Morgan fingerprint density at radius 2 is 1.70 bits per heavy atom. The third-order valence-corrected chi connectivity index (χ3v) is 3.72. The second-order valence-electron chi connectivity index (χ2n) is 4.96. The van der Waals surface area contributed by atoms with Crippen LogP contribution < -0.4 is 10.1 Å². The van der Waals surface area contributed by atoms with Gasteiger partial charge in [-0.15, -0.1) is 0 Å². The van der Waals surface area contributed by atoms with Gasteiger partial charge in [0.25, 0.3) is 0 Å². The molecule has 0 bridgehead atoms. The molecule has 2 aromatic rings. The van der Waals surface area contributed by atoms with Crippen LogP contribution >= 0.6 is 23.2 Å². The van der Waals surface area contributed by atoms with Gasteiger partial charge in [-0.1, -0.05) is 29.3 Å². The number of benzene rings is 2. The topological polar surface area (TPSA) is 21.3 Å². The number of ether oxygens (including phenoxy) is 1. The largest absolute Gasteiger partial charge is 0.457 e. The van der Waals surface area contributed by atoms with Gasteiger partial charge in [-0.05, 0) is 49.2 Å². The minimum absolute atomic E-state index is 0.661. The van der Waals surface area contributed by atoms with E-state index in [0.717, 1.165) is 23.6 Å². The quantitative estimate of drug-likeness (QED) is 0.835. The summed E-state index contributed by atoms with van der Waals surface area (Å²) in [5, 5.41) is 4.85. The van der Waals surface area contributed by atoms with E-state index < -0.39 is 0 Å². The van der Waals surface area contributed by atoms with Crippen LogP contribution in [0.3, 0.4) is 0 Å². The average molecular weight is 308 g/mol. The average Bonchev–Trinajstić information content (AvgIpc) is 3.25. The molecule has 1 N–H and O–H groups in total. The standard InChI is InChI=1S/C16H15Cl2NO/c17-12-3-7-15(8-4-12)20-16-9-13(18)2-1-11(16)10-19-14-5-6-14/h1-4,7-9,14,19H,5-6,10H2. The SMILES string of the molecule is Clc1ccc(Oc2cc(Cl)ccc2CNC2CC2)cc1. The molecule has 0 amide bonds. The number of rotatable bonds is 5. The zero-order chi connectivity index (χ0) is 13.9. The lowest BCUT2D eigenvalue weighted by molar-refractivity contribution is 0.472. The fourth-order valence-electron chi connectivity index (χ4n) is 1.94. The zero-order valence-corrected chi connectivity index (χ0v) is 12.4. The maximum absolute atomic E-state index is 6.06. The van der Waals surface area contributed by atoms with Crippen molar-refractivity contribution in [2.24, 2.45) is 0 Å². The predicted molar refractivity (Wildman–Crippen MR) is 82.8 cm³/mol. The molecule has 1 saturated carbocycles. The smallest absolute Gasteiger partial charge is 0.133 e. The summed E-state index contributed by atoms with van der Waals surface area (Å²) < 4.78 is 5.91. The molecule has 1 fully saturated rings. The molecule has 0 atom stereocenters. The highest BCUT2D eigenvalue weighted by molar-refractivity contribution is 6.31. The second-order valence-corrected chi connectivity index (χ2v) is 5.84. The van der Waals surface area contributed by atoms with Crippen molar-refractivity contribution < 1.29 is 4.74 Å². The van der Waals surface area contributed by atoms with Crippen molar-refractivity contribution in [3.8, 4) is 11.5 Å². The van der Waals surface area contributed by atoms with Crippen LogP contribution in [-0.4, -0.2) is 6.04 Å². The molecular formula is C16H15Cl2NO. The van der Waals surface area contributed by atoms with Crippen LogP contribution in [0, 0.1) is 0 Å². The first-order valence-electron chi connectivity index (χ1n) is 6.66. The van der Waals surface area contributed by atoms with Gasteiger partial charge in [0, 0.05) is 28.2 Å². The van der Waals surface area contributed by atoms with Crippen molar-refractivity contribution in [2.45, 2.75) is 25.4 Å². The van der Waals surface area contributed by atoms with Gasteiger partial charge in [-0.3, -0.25) is 0 Å². The summed E-state index contributed by atoms with van der Waals surface area (Å²) in [6.07, 6.45) is 2.53. The van der Waals surface area contributed by atoms with Crippen molar-refractivity contribution in [1.82, 2.24) is 5.32 Å². The number of hydrogen-bond acceptors (Lipinski definition) is 2. The summed E-state index contributed by atoms with van der Waals surface area (Å²) in [5.41, 5.74) is 1.11.